The van der Waals surface area contributed by atoms with Crippen LogP contribution in [-0.4, -0.2) is 12.5 Å². The zero-order valence-corrected chi connectivity index (χ0v) is 14.2. The van der Waals surface area contributed by atoms with Gasteiger partial charge in [0.15, 0.2) is 6.61 Å². The Morgan fingerprint density at radius 3 is 2.70 bits per heavy atom. The molecule has 1 atom stereocenters. The molecule has 0 fully saturated rings. The molecule has 1 amide bonds. The Kier molecular flexibility index (Phi) is 4.67. The number of ether oxygens (including phenoxy) is 1. The maximum absolute atomic E-state index is 12.0. The Labute approximate surface area is 142 Å². The van der Waals surface area contributed by atoms with Gasteiger partial charge in [0.25, 0.3) is 5.91 Å². The number of benzene rings is 2. The number of hydrogen-bond donors (Lipinski definition) is 1. The van der Waals surface area contributed by atoms with E-state index in [2.05, 4.69) is 21.2 Å². The van der Waals surface area contributed by atoms with Crippen molar-refractivity contribution in [1.29, 1.82) is 0 Å². The smallest absolute Gasteiger partial charge is 0.258 e. The van der Waals surface area contributed by atoms with Crippen molar-refractivity contribution in [3.8, 4) is 5.75 Å². The fourth-order valence-electron chi connectivity index (χ4n) is 2.25. The second-order valence-corrected chi connectivity index (χ2v) is 6.13. The normalized spacial score (nSPS) is 12.1. The van der Waals surface area contributed by atoms with Gasteiger partial charge < -0.3 is 14.5 Å². The molecule has 2 aromatic carbocycles. The molecule has 4 nitrogen and oxygen atoms in total. The highest BCUT2D eigenvalue weighted by Crippen LogP contribution is 2.23. The SMILES string of the molecule is C[C@H](NC(=O)COc1ccc(Br)cc1)c1cc2ccccc2o1. The number of furan rings is 1. The maximum atomic E-state index is 12.0. The van der Waals surface area contributed by atoms with Crippen molar-refractivity contribution in [3.05, 3.63) is 64.8 Å². The van der Waals surface area contributed by atoms with Crippen molar-refractivity contribution in [2.24, 2.45) is 0 Å². The number of halogens is 1. The molecular weight excluding hydrogens is 358 g/mol. The Hall–Kier alpha value is -2.27. The van der Waals surface area contributed by atoms with Gasteiger partial charge in [-0.1, -0.05) is 34.1 Å². The Bertz CT molecular complexity index is 778. The van der Waals surface area contributed by atoms with Crippen LogP contribution in [0.1, 0.15) is 18.7 Å². The van der Waals surface area contributed by atoms with Gasteiger partial charge in [0.05, 0.1) is 6.04 Å². The molecular formula is C18H16BrNO3. The van der Waals surface area contributed by atoms with Crippen molar-refractivity contribution in [2.45, 2.75) is 13.0 Å². The lowest BCUT2D eigenvalue weighted by molar-refractivity contribution is -0.123. The van der Waals surface area contributed by atoms with E-state index in [4.69, 9.17) is 9.15 Å². The summed E-state index contributed by atoms with van der Waals surface area (Å²) in [6.45, 7) is 1.85. The first kappa shape index (κ1) is 15.6. The first-order chi connectivity index (χ1) is 11.1. The van der Waals surface area contributed by atoms with Crippen LogP contribution in [0.25, 0.3) is 11.0 Å². The molecule has 0 aliphatic heterocycles. The van der Waals surface area contributed by atoms with Gasteiger partial charge in [-0.3, -0.25) is 4.79 Å². The van der Waals surface area contributed by atoms with Crippen LogP contribution in [0.2, 0.25) is 0 Å². The second kappa shape index (κ2) is 6.87. The van der Waals surface area contributed by atoms with Crippen molar-refractivity contribution in [2.75, 3.05) is 6.61 Å². The van der Waals surface area contributed by atoms with Gasteiger partial charge in [0.2, 0.25) is 0 Å². The number of carbonyl (C=O) groups excluding carboxylic acids is 1. The quantitative estimate of drug-likeness (QED) is 0.718. The van der Waals surface area contributed by atoms with E-state index in [1.807, 2.05) is 49.4 Å². The van der Waals surface area contributed by atoms with E-state index in [-0.39, 0.29) is 18.6 Å². The molecule has 0 radical (unpaired) electrons. The van der Waals surface area contributed by atoms with Gasteiger partial charge in [-0.2, -0.15) is 0 Å². The van der Waals surface area contributed by atoms with Crippen LogP contribution in [0.15, 0.2) is 63.5 Å². The van der Waals surface area contributed by atoms with E-state index >= 15 is 0 Å². The van der Waals surface area contributed by atoms with E-state index in [9.17, 15) is 4.79 Å². The minimum Gasteiger partial charge on any atom is -0.484 e. The van der Waals surface area contributed by atoms with Crippen LogP contribution in [0.3, 0.4) is 0 Å². The molecule has 5 heteroatoms. The van der Waals surface area contributed by atoms with E-state index in [0.29, 0.717) is 5.75 Å². The van der Waals surface area contributed by atoms with Crippen molar-refractivity contribution in [1.82, 2.24) is 5.32 Å². The highest BCUT2D eigenvalue weighted by atomic mass is 79.9. The number of para-hydroxylation sites is 1. The highest BCUT2D eigenvalue weighted by molar-refractivity contribution is 9.10. The molecule has 0 spiro atoms. The number of amides is 1. The number of nitrogens with one attached hydrogen (secondary N) is 1. The highest BCUT2D eigenvalue weighted by Gasteiger charge is 2.14. The maximum Gasteiger partial charge on any atom is 0.258 e. The topological polar surface area (TPSA) is 51.5 Å². The summed E-state index contributed by atoms with van der Waals surface area (Å²) in [5.74, 6) is 1.18. The molecule has 0 aliphatic rings. The zero-order valence-electron chi connectivity index (χ0n) is 12.6. The summed E-state index contributed by atoms with van der Waals surface area (Å²) < 4.78 is 12.2. The van der Waals surface area contributed by atoms with Gasteiger partial charge in [-0.15, -0.1) is 0 Å². The van der Waals surface area contributed by atoms with E-state index in [1.165, 1.54) is 0 Å². The third kappa shape index (κ3) is 3.93. The van der Waals surface area contributed by atoms with E-state index in [0.717, 1.165) is 21.2 Å². The average molecular weight is 374 g/mol. The molecule has 0 saturated heterocycles. The van der Waals surface area contributed by atoms with Gasteiger partial charge >= 0.3 is 0 Å². The first-order valence-corrected chi connectivity index (χ1v) is 8.07. The van der Waals surface area contributed by atoms with Gasteiger partial charge in [0, 0.05) is 9.86 Å². The number of rotatable bonds is 5. The summed E-state index contributed by atoms with van der Waals surface area (Å²) in [5, 5.41) is 3.89. The van der Waals surface area contributed by atoms with Crippen molar-refractivity contribution < 1.29 is 13.9 Å². The van der Waals surface area contributed by atoms with E-state index in [1.54, 1.807) is 12.1 Å². The monoisotopic (exact) mass is 373 g/mol. The lowest BCUT2D eigenvalue weighted by Crippen LogP contribution is -2.31. The average Bonchev–Trinajstić information content (AvgIpc) is 2.98. The Balaban J connectivity index is 1.57. The summed E-state index contributed by atoms with van der Waals surface area (Å²) in [7, 11) is 0. The van der Waals surface area contributed by atoms with Gasteiger partial charge in [-0.25, -0.2) is 0 Å². The fourth-order valence-corrected chi connectivity index (χ4v) is 2.51. The number of fused-ring (bicyclic) bond motifs is 1. The van der Waals surface area contributed by atoms with Crippen LogP contribution >= 0.6 is 15.9 Å². The summed E-state index contributed by atoms with van der Waals surface area (Å²) >= 11 is 3.35. The molecule has 118 valence electrons. The minimum absolute atomic E-state index is 0.0355. The Morgan fingerprint density at radius 1 is 1.22 bits per heavy atom. The standard InChI is InChI=1S/C18H16BrNO3/c1-12(17-10-13-4-2-3-5-16(13)23-17)20-18(21)11-22-15-8-6-14(19)7-9-15/h2-10,12H,11H2,1H3,(H,20,21)/t12-/m0/s1. The molecule has 1 N–H and O–H groups in total. The van der Waals surface area contributed by atoms with Crippen LogP contribution in [0.5, 0.6) is 5.75 Å². The zero-order chi connectivity index (χ0) is 16.2. The van der Waals surface area contributed by atoms with Crippen molar-refractivity contribution >= 4 is 32.8 Å². The molecule has 0 saturated carbocycles. The molecule has 23 heavy (non-hydrogen) atoms. The minimum atomic E-state index is -0.219. The van der Waals surface area contributed by atoms with Crippen LogP contribution in [0, 0.1) is 0 Å². The molecule has 0 unspecified atom stereocenters. The van der Waals surface area contributed by atoms with Crippen LogP contribution in [-0.2, 0) is 4.79 Å². The van der Waals surface area contributed by atoms with Gasteiger partial charge in [0.1, 0.15) is 17.1 Å². The third-order valence-corrected chi connectivity index (χ3v) is 3.96. The van der Waals surface area contributed by atoms with Gasteiger partial charge in [-0.05, 0) is 43.3 Å². The molecule has 1 heterocycles. The predicted molar refractivity (Wildman–Crippen MR) is 92.4 cm³/mol. The summed E-state index contributed by atoms with van der Waals surface area (Å²) in [5.41, 5.74) is 0.815. The molecule has 1 aromatic heterocycles. The van der Waals surface area contributed by atoms with Crippen LogP contribution < -0.4 is 10.1 Å². The summed E-state index contributed by atoms with van der Waals surface area (Å²) in [4.78, 5) is 12.0. The third-order valence-electron chi connectivity index (χ3n) is 3.43. The lowest BCUT2D eigenvalue weighted by atomic mass is 10.2. The fraction of sp³-hybridized carbons (Fsp3) is 0.167. The molecule has 0 bridgehead atoms. The predicted octanol–water partition coefficient (Wildman–Crippen LogP) is 4.45. The molecule has 3 rings (SSSR count). The lowest BCUT2D eigenvalue weighted by Gasteiger charge is -2.12. The summed E-state index contributed by atoms with van der Waals surface area (Å²) in [6, 6.07) is 16.8. The number of hydrogen-bond acceptors (Lipinski definition) is 3. The second-order valence-electron chi connectivity index (χ2n) is 5.22. The number of carbonyl (C=O) groups is 1. The summed E-state index contributed by atoms with van der Waals surface area (Å²) in [6.07, 6.45) is 0. The molecule has 0 aliphatic carbocycles. The van der Waals surface area contributed by atoms with Crippen LogP contribution in [0.4, 0.5) is 0 Å². The van der Waals surface area contributed by atoms with Crippen molar-refractivity contribution in [3.63, 3.8) is 0 Å². The largest absolute Gasteiger partial charge is 0.484 e. The van der Waals surface area contributed by atoms with E-state index < -0.39 is 0 Å². The molecule has 3 aromatic rings. The first-order valence-electron chi connectivity index (χ1n) is 7.28. The Morgan fingerprint density at radius 2 is 1.96 bits per heavy atom.